The molecule has 162 valence electrons. The quantitative estimate of drug-likeness (QED) is 0.495. The van der Waals surface area contributed by atoms with Crippen molar-refractivity contribution in [2.75, 3.05) is 18.4 Å². The number of aryl methyl sites for hydroxylation is 1. The molecular weight excluding hydrogens is 402 g/mol. The van der Waals surface area contributed by atoms with Crippen LogP contribution in [-0.2, 0) is 13.6 Å². The lowest BCUT2D eigenvalue weighted by Crippen LogP contribution is -2.29. The number of anilines is 2. The molecule has 5 rings (SSSR count). The van der Waals surface area contributed by atoms with Crippen LogP contribution in [0.5, 0.6) is 0 Å². The van der Waals surface area contributed by atoms with Gasteiger partial charge in [0.1, 0.15) is 19.2 Å². The summed E-state index contributed by atoms with van der Waals surface area (Å²) in [6.07, 6.45) is 9.36. The monoisotopic (exact) mass is 428 g/mol. The van der Waals surface area contributed by atoms with E-state index in [1.165, 1.54) is 30.9 Å². The molecule has 1 aliphatic rings. The van der Waals surface area contributed by atoms with Gasteiger partial charge < -0.3 is 5.32 Å². The molecular formula is C24H26BFN6. The number of benzene rings is 2. The summed E-state index contributed by atoms with van der Waals surface area (Å²) in [4.78, 5) is 11.4. The van der Waals surface area contributed by atoms with E-state index in [1.54, 1.807) is 10.9 Å². The SMILES string of the molecule is Bc1cc(F)c2nc(Nc3cc(CN4CCCCC4)cc(-c4cnn(C)c4)c3)ncc2c1. The zero-order chi connectivity index (χ0) is 22.1. The highest BCUT2D eigenvalue weighted by Gasteiger charge is 2.13. The summed E-state index contributed by atoms with van der Waals surface area (Å²) in [5, 5.41) is 8.32. The van der Waals surface area contributed by atoms with E-state index in [-0.39, 0.29) is 5.82 Å². The van der Waals surface area contributed by atoms with Crippen LogP contribution in [0.2, 0.25) is 0 Å². The number of nitrogens with zero attached hydrogens (tertiary/aromatic N) is 5. The van der Waals surface area contributed by atoms with Crippen LogP contribution in [0, 0.1) is 5.82 Å². The second-order valence-electron chi connectivity index (χ2n) is 8.66. The minimum absolute atomic E-state index is 0.324. The highest BCUT2D eigenvalue weighted by Crippen LogP contribution is 2.28. The molecule has 0 bridgehead atoms. The molecule has 0 atom stereocenters. The molecule has 2 aromatic heterocycles. The summed E-state index contributed by atoms with van der Waals surface area (Å²) in [7, 11) is 3.78. The predicted molar refractivity (Wildman–Crippen MR) is 129 cm³/mol. The van der Waals surface area contributed by atoms with Crippen LogP contribution in [0.15, 0.2) is 48.9 Å². The molecule has 6 nitrogen and oxygen atoms in total. The Morgan fingerprint density at radius 1 is 1.03 bits per heavy atom. The second kappa shape index (κ2) is 8.71. The van der Waals surface area contributed by atoms with E-state index < -0.39 is 0 Å². The Morgan fingerprint density at radius 3 is 2.66 bits per heavy atom. The van der Waals surface area contributed by atoms with Gasteiger partial charge in [0.25, 0.3) is 0 Å². The molecule has 32 heavy (non-hydrogen) atoms. The van der Waals surface area contributed by atoms with Gasteiger partial charge in [0.05, 0.1) is 6.20 Å². The minimum atomic E-state index is -0.333. The number of likely N-dealkylation sites (tertiary alicyclic amines) is 1. The summed E-state index contributed by atoms with van der Waals surface area (Å²) in [5.41, 5.74) is 5.41. The fraction of sp³-hybridized carbons (Fsp3) is 0.292. The van der Waals surface area contributed by atoms with Crippen molar-refractivity contribution in [1.82, 2.24) is 24.6 Å². The van der Waals surface area contributed by atoms with E-state index in [4.69, 9.17) is 0 Å². The third-order valence-corrected chi connectivity index (χ3v) is 5.92. The lowest BCUT2D eigenvalue weighted by Gasteiger charge is -2.26. The van der Waals surface area contributed by atoms with Crippen molar-refractivity contribution in [2.24, 2.45) is 7.05 Å². The topological polar surface area (TPSA) is 58.9 Å². The molecule has 0 amide bonds. The molecule has 1 fully saturated rings. The molecule has 3 heterocycles. The third-order valence-electron chi connectivity index (χ3n) is 5.92. The number of aromatic nitrogens is 4. The average molecular weight is 428 g/mol. The van der Waals surface area contributed by atoms with Gasteiger partial charge in [-0.25, -0.2) is 14.4 Å². The highest BCUT2D eigenvalue weighted by atomic mass is 19.1. The number of hydrogen-bond acceptors (Lipinski definition) is 5. The first-order valence-electron chi connectivity index (χ1n) is 11.1. The van der Waals surface area contributed by atoms with Crippen molar-refractivity contribution in [1.29, 1.82) is 0 Å². The highest BCUT2D eigenvalue weighted by molar-refractivity contribution is 6.33. The molecule has 0 aliphatic carbocycles. The summed E-state index contributed by atoms with van der Waals surface area (Å²) in [6.45, 7) is 3.16. The van der Waals surface area contributed by atoms with Gasteiger partial charge >= 0.3 is 0 Å². The molecule has 4 aromatic rings. The van der Waals surface area contributed by atoms with Crippen LogP contribution in [-0.4, -0.2) is 45.6 Å². The molecule has 8 heteroatoms. The Labute approximate surface area is 187 Å². The van der Waals surface area contributed by atoms with Crippen LogP contribution in [0.1, 0.15) is 24.8 Å². The lowest BCUT2D eigenvalue weighted by atomic mass is 9.95. The van der Waals surface area contributed by atoms with Gasteiger partial charge in [-0.2, -0.15) is 5.10 Å². The van der Waals surface area contributed by atoms with Gasteiger partial charge in [-0.3, -0.25) is 9.58 Å². The first-order valence-corrected chi connectivity index (χ1v) is 11.1. The van der Waals surface area contributed by atoms with Gasteiger partial charge in [-0.05, 0) is 61.3 Å². The van der Waals surface area contributed by atoms with Gasteiger partial charge in [0, 0.05) is 42.6 Å². The largest absolute Gasteiger partial charge is 0.324 e. The van der Waals surface area contributed by atoms with E-state index in [2.05, 4.69) is 43.5 Å². The maximum Gasteiger partial charge on any atom is 0.227 e. The van der Waals surface area contributed by atoms with Crippen LogP contribution in [0.4, 0.5) is 16.0 Å². The van der Waals surface area contributed by atoms with E-state index >= 15 is 0 Å². The Kier molecular flexibility index (Phi) is 5.61. The summed E-state index contributed by atoms with van der Waals surface area (Å²) >= 11 is 0. The zero-order valence-electron chi connectivity index (χ0n) is 18.5. The third kappa shape index (κ3) is 4.50. The van der Waals surface area contributed by atoms with Crippen LogP contribution < -0.4 is 10.8 Å². The fourth-order valence-corrected chi connectivity index (χ4v) is 4.40. The fourth-order valence-electron chi connectivity index (χ4n) is 4.40. The summed E-state index contributed by atoms with van der Waals surface area (Å²) in [5.74, 6) is 0.0489. The standard InChI is InChI=1S/C24H26BFN6/c1-31-15-19(13-28-31)17-7-16(14-32-5-3-2-4-6-32)8-21(10-17)29-24-27-12-18-9-20(25)11-22(26)23(18)30-24/h7-13,15H,2-6,14,25H2,1H3,(H,27,29,30). The predicted octanol–water partition coefficient (Wildman–Crippen LogP) is 3.16. The summed E-state index contributed by atoms with van der Waals surface area (Å²) in [6, 6.07) is 9.81. The molecule has 1 aliphatic heterocycles. The van der Waals surface area contributed by atoms with E-state index in [1.807, 2.05) is 33.4 Å². The number of halogens is 1. The Morgan fingerprint density at radius 2 is 1.88 bits per heavy atom. The molecule has 0 unspecified atom stereocenters. The number of fused-ring (bicyclic) bond motifs is 1. The van der Waals surface area contributed by atoms with Crippen molar-refractivity contribution in [2.45, 2.75) is 25.8 Å². The Balaban J connectivity index is 1.49. The minimum Gasteiger partial charge on any atom is -0.324 e. The number of hydrogen-bond donors (Lipinski definition) is 1. The van der Waals surface area contributed by atoms with Gasteiger partial charge in [0.2, 0.25) is 5.95 Å². The molecule has 1 N–H and O–H groups in total. The number of nitrogens with one attached hydrogen (secondary N) is 1. The summed E-state index contributed by atoms with van der Waals surface area (Å²) < 4.78 is 16.2. The van der Waals surface area contributed by atoms with E-state index in [0.29, 0.717) is 16.9 Å². The Bertz CT molecular complexity index is 1260. The van der Waals surface area contributed by atoms with Crippen molar-refractivity contribution in [3.05, 3.63) is 60.3 Å². The number of rotatable bonds is 5. The first kappa shape index (κ1) is 20.6. The van der Waals surface area contributed by atoms with Gasteiger partial charge in [0.15, 0.2) is 0 Å². The molecule has 2 aromatic carbocycles. The van der Waals surface area contributed by atoms with E-state index in [9.17, 15) is 4.39 Å². The smallest absolute Gasteiger partial charge is 0.227 e. The lowest BCUT2D eigenvalue weighted by molar-refractivity contribution is 0.221. The molecule has 1 saturated heterocycles. The van der Waals surface area contributed by atoms with Gasteiger partial charge in [-0.1, -0.05) is 17.9 Å². The van der Waals surface area contributed by atoms with Crippen molar-refractivity contribution < 1.29 is 4.39 Å². The molecule has 0 spiro atoms. The molecule has 0 saturated carbocycles. The van der Waals surface area contributed by atoms with Crippen LogP contribution in [0.25, 0.3) is 22.0 Å². The first-order chi connectivity index (χ1) is 15.5. The maximum absolute atomic E-state index is 14.4. The van der Waals surface area contributed by atoms with Crippen LogP contribution >= 0.6 is 0 Å². The van der Waals surface area contributed by atoms with E-state index in [0.717, 1.165) is 41.9 Å². The van der Waals surface area contributed by atoms with Crippen molar-refractivity contribution in [3.8, 4) is 11.1 Å². The normalized spacial score (nSPS) is 14.7. The number of piperidine rings is 1. The van der Waals surface area contributed by atoms with Crippen molar-refractivity contribution in [3.63, 3.8) is 0 Å². The maximum atomic E-state index is 14.4. The average Bonchev–Trinajstić information content (AvgIpc) is 3.21. The van der Waals surface area contributed by atoms with Gasteiger partial charge in [-0.15, -0.1) is 0 Å². The van der Waals surface area contributed by atoms with Crippen molar-refractivity contribution >= 4 is 35.8 Å². The second-order valence-corrected chi connectivity index (χ2v) is 8.66. The Hall–Kier alpha value is -3.26. The zero-order valence-corrected chi connectivity index (χ0v) is 18.5. The van der Waals surface area contributed by atoms with Crippen LogP contribution in [0.3, 0.4) is 0 Å². The molecule has 0 radical (unpaired) electrons.